The third-order valence-electron chi connectivity index (χ3n) is 2.64. The van der Waals surface area contributed by atoms with Gasteiger partial charge >= 0.3 is 0 Å². The van der Waals surface area contributed by atoms with Crippen molar-refractivity contribution in [2.75, 3.05) is 19.5 Å². The molecule has 0 aliphatic heterocycles. The van der Waals surface area contributed by atoms with Crippen LogP contribution in [-0.2, 0) is 0 Å². The quantitative estimate of drug-likeness (QED) is 0.892. The highest BCUT2D eigenvalue weighted by atomic mass is 16.5. The van der Waals surface area contributed by atoms with E-state index in [1.54, 1.807) is 24.3 Å². The molecule has 1 aromatic heterocycles. The Morgan fingerprint density at radius 3 is 2.60 bits per heavy atom. The predicted octanol–water partition coefficient (Wildman–Crippen LogP) is 2.06. The van der Waals surface area contributed by atoms with Gasteiger partial charge in [0.05, 0.1) is 14.2 Å². The van der Waals surface area contributed by atoms with Crippen LogP contribution in [0.2, 0.25) is 0 Å². The largest absolute Gasteiger partial charge is 0.505 e. The van der Waals surface area contributed by atoms with E-state index in [0.29, 0.717) is 17.2 Å². The number of hydrogen-bond donors (Lipinski definition) is 2. The number of amides is 1. The molecule has 0 aliphatic carbocycles. The van der Waals surface area contributed by atoms with E-state index in [1.807, 2.05) is 0 Å². The molecule has 1 heterocycles. The number of hydrogen-bond acceptors (Lipinski definition) is 5. The van der Waals surface area contributed by atoms with Gasteiger partial charge in [0, 0.05) is 18.0 Å². The number of aromatic hydroxyl groups is 1. The first kappa shape index (κ1) is 13.7. The van der Waals surface area contributed by atoms with Crippen molar-refractivity contribution in [3.8, 4) is 17.2 Å². The molecular formula is C14H14N2O4. The lowest BCUT2D eigenvalue weighted by Crippen LogP contribution is -2.13. The second-order valence-corrected chi connectivity index (χ2v) is 3.90. The number of nitrogens with zero attached hydrogens (tertiary/aromatic N) is 1. The van der Waals surface area contributed by atoms with Gasteiger partial charge in [-0.3, -0.25) is 4.79 Å². The van der Waals surface area contributed by atoms with Crippen molar-refractivity contribution >= 4 is 11.6 Å². The van der Waals surface area contributed by atoms with Gasteiger partial charge < -0.3 is 19.9 Å². The van der Waals surface area contributed by atoms with Crippen LogP contribution >= 0.6 is 0 Å². The van der Waals surface area contributed by atoms with Crippen LogP contribution in [0.3, 0.4) is 0 Å². The van der Waals surface area contributed by atoms with Crippen molar-refractivity contribution in [3.63, 3.8) is 0 Å². The first-order valence-electron chi connectivity index (χ1n) is 5.83. The van der Waals surface area contributed by atoms with E-state index in [1.165, 1.54) is 26.5 Å². The van der Waals surface area contributed by atoms with E-state index in [0.717, 1.165) is 0 Å². The zero-order chi connectivity index (χ0) is 14.5. The molecule has 0 atom stereocenters. The maximum Gasteiger partial charge on any atom is 0.278 e. The second kappa shape index (κ2) is 5.92. The number of rotatable bonds is 4. The summed E-state index contributed by atoms with van der Waals surface area (Å²) in [6, 6.07) is 7.90. The van der Waals surface area contributed by atoms with Crippen molar-refractivity contribution in [2.45, 2.75) is 0 Å². The average molecular weight is 274 g/mol. The second-order valence-electron chi connectivity index (χ2n) is 3.90. The van der Waals surface area contributed by atoms with Gasteiger partial charge in [0.25, 0.3) is 5.91 Å². The first-order valence-corrected chi connectivity index (χ1v) is 5.83. The number of carbonyl (C=O) groups is 1. The van der Waals surface area contributed by atoms with Gasteiger partial charge in [-0.15, -0.1) is 0 Å². The minimum Gasteiger partial charge on any atom is -0.505 e. The number of anilines is 1. The van der Waals surface area contributed by atoms with E-state index in [9.17, 15) is 9.90 Å². The summed E-state index contributed by atoms with van der Waals surface area (Å²) in [5.74, 6) is 0.377. The van der Waals surface area contributed by atoms with E-state index < -0.39 is 5.91 Å². The number of carbonyl (C=O) groups excluding carboxylic acids is 1. The van der Waals surface area contributed by atoms with E-state index in [4.69, 9.17) is 9.47 Å². The molecule has 0 fully saturated rings. The maximum absolute atomic E-state index is 12.0. The Bertz CT molecular complexity index is 628. The summed E-state index contributed by atoms with van der Waals surface area (Å²) < 4.78 is 10.3. The fourth-order valence-corrected chi connectivity index (χ4v) is 1.68. The normalized spacial score (nSPS) is 9.90. The Morgan fingerprint density at radius 1 is 1.20 bits per heavy atom. The monoisotopic (exact) mass is 274 g/mol. The van der Waals surface area contributed by atoms with Gasteiger partial charge in [0.2, 0.25) is 0 Å². The number of benzene rings is 1. The summed E-state index contributed by atoms with van der Waals surface area (Å²) >= 11 is 0. The van der Waals surface area contributed by atoms with Crippen LogP contribution in [0.1, 0.15) is 10.5 Å². The molecule has 2 aromatic rings. The lowest BCUT2D eigenvalue weighted by Gasteiger charge is -2.10. The minimum absolute atomic E-state index is 0.0396. The van der Waals surface area contributed by atoms with Crippen LogP contribution in [0.15, 0.2) is 36.5 Å². The number of ether oxygens (including phenoxy) is 2. The van der Waals surface area contributed by atoms with Crippen molar-refractivity contribution in [3.05, 3.63) is 42.2 Å². The molecule has 6 nitrogen and oxygen atoms in total. The molecule has 2 N–H and O–H groups in total. The molecular weight excluding hydrogens is 260 g/mol. The van der Waals surface area contributed by atoms with Gasteiger partial charge in [0.1, 0.15) is 5.75 Å². The summed E-state index contributed by atoms with van der Waals surface area (Å²) in [4.78, 5) is 15.8. The predicted molar refractivity (Wildman–Crippen MR) is 73.4 cm³/mol. The van der Waals surface area contributed by atoms with Crippen molar-refractivity contribution < 1.29 is 19.4 Å². The third-order valence-corrected chi connectivity index (χ3v) is 2.64. The first-order chi connectivity index (χ1) is 9.65. The Kier molecular flexibility index (Phi) is 4.05. The van der Waals surface area contributed by atoms with E-state index >= 15 is 0 Å². The Hall–Kier alpha value is -2.76. The smallest absolute Gasteiger partial charge is 0.278 e. The molecule has 0 saturated heterocycles. The van der Waals surface area contributed by atoms with Gasteiger partial charge in [-0.2, -0.15) is 0 Å². The van der Waals surface area contributed by atoms with E-state index in [-0.39, 0.29) is 11.4 Å². The topological polar surface area (TPSA) is 80.7 Å². The van der Waals surface area contributed by atoms with Crippen LogP contribution in [0.4, 0.5) is 5.69 Å². The SMILES string of the molecule is COc1ccc(NC(=O)c2ncccc2O)cc1OC. The zero-order valence-electron chi connectivity index (χ0n) is 11.1. The van der Waals surface area contributed by atoms with Crippen LogP contribution < -0.4 is 14.8 Å². The van der Waals surface area contributed by atoms with Crippen LogP contribution in [0.5, 0.6) is 17.2 Å². The summed E-state index contributed by atoms with van der Waals surface area (Å²) in [6.07, 6.45) is 1.43. The zero-order valence-corrected chi connectivity index (χ0v) is 11.1. The van der Waals surface area contributed by atoms with E-state index in [2.05, 4.69) is 10.3 Å². The van der Waals surface area contributed by atoms with Crippen molar-refractivity contribution in [2.24, 2.45) is 0 Å². The lowest BCUT2D eigenvalue weighted by molar-refractivity contribution is 0.101. The summed E-state index contributed by atoms with van der Waals surface area (Å²) in [5.41, 5.74) is 0.472. The fourth-order valence-electron chi connectivity index (χ4n) is 1.68. The summed E-state index contributed by atoms with van der Waals surface area (Å²) in [5, 5.41) is 12.2. The lowest BCUT2D eigenvalue weighted by atomic mass is 10.2. The molecule has 1 amide bonds. The highest BCUT2D eigenvalue weighted by molar-refractivity contribution is 6.04. The molecule has 0 unspecified atom stereocenters. The molecule has 0 spiro atoms. The van der Waals surface area contributed by atoms with Gasteiger partial charge in [-0.05, 0) is 24.3 Å². The molecule has 0 bridgehead atoms. The Balaban J connectivity index is 2.22. The van der Waals surface area contributed by atoms with Gasteiger partial charge in [0.15, 0.2) is 17.2 Å². The van der Waals surface area contributed by atoms with Crippen molar-refractivity contribution in [1.82, 2.24) is 4.98 Å². The minimum atomic E-state index is -0.504. The molecule has 0 radical (unpaired) electrons. The van der Waals surface area contributed by atoms with Crippen LogP contribution in [0, 0.1) is 0 Å². The number of aromatic nitrogens is 1. The summed E-state index contributed by atoms with van der Waals surface area (Å²) in [6.45, 7) is 0. The highest BCUT2D eigenvalue weighted by Crippen LogP contribution is 2.30. The number of nitrogens with one attached hydrogen (secondary N) is 1. The maximum atomic E-state index is 12.0. The molecule has 104 valence electrons. The molecule has 1 aromatic carbocycles. The van der Waals surface area contributed by atoms with Crippen LogP contribution in [0.25, 0.3) is 0 Å². The molecule has 6 heteroatoms. The third kappa shape index (κ3) is 2.80. The van der Waals surface area contributed by atoms with Crippen LogP contribution in [-0.4, -0.2) is 30.2 Å². The van der Waals surface area contributed by atoms with Crippen molar-refractivity contribution in [1.29, 1.82) is 0 Å². The van der Waals surface area contributed by atoms with Gasteiger partial charge in [-0.1, -0.05) is 0 Å². The number of methoxy groups -OCH3 is 2. The molecule has 0 saturated carbocycles. The Morgan fingerprint density at radius 2 is 1.95 bits per heavy atom. The molecule has 2 rings (SSSR count). The summed E-state index contributed by atoms with van der Waals surface area (Å²) in [7, 11) is 3.04. The average Bonchev–Trinajstić information content (AvgIpc) is 2.47. The fraction of sp³-hybridized carbons (Fsp3) is 0.143. The molecule has 0 aliphatic rings. The standard InChI is InChI=1S/C14H14N2O4/c1-19-11-6-5-9(8-12(11)20-2)16-14(18)13-10(17)4-3-7-15-13/h3-8,17H,1-2H3,(H,16,18). The highest BCUT2D eigenvalue weighted by Gasteiger charge is 2.13. The Labute approximate surface area is 116 Å². The van der Waals surface area contributed by atoms with Gasteiger partial charge in [-0.25, -0.2) is 4.98 Å². The number of pyridine rings is 1. The molecule has 20 heavy (non-hydrogen) atoms.